The molecule has 2 saturated heterocycles. The van der Waals surface area contributed by atoms with Crippen LogP contribution in [0, 0.1) is 5.92 Å². The van der Waals surface area contributed by atoms with E-state index in [4.69, 9.17) is 18.9 Å². The highest BCUT2D eigenvalue weighted by Gasteiger charge is 2.37. The van der Waals surface area contributed by atoms with Crippen LogP contribution in [0.3, 0.4) is 0 Å². The average Bonchev–Trinajstić information content (AvgIpc) is 2.85. The minimum absolute atomic E-state index is 0.233. The van der Waals surface area contributed by atoms with E-state index in [0.29, 0.717) is 38.8 Å². The third-order valence-electron chi connectivity index (χ3n) is 6.87. The summed E-state index contributed by atoms with van der Waals surface area (Å²) in [5.41, 5.74) is 0.149. The Balaban J connectivity index is 1.30. The molecule has 1 aromatic carbocycles. The summed E-state index contributed by atoms with van der Waals surface area (Å²) >= 11 is 0. The van der Waals surface area contributed by atoms with Gasteiger partial charge in [0.2, 0.25) is 0 Å². The summed E-state index contributed by atoms with van der Waals surface area (Å²) in [5.74, 6) is 0.542. The van der Waals surface area contributed by atoms with Gasteiger partial charge in [0.25, 0.3) is 0 Å². The SMILES string of the molecule is COC1(COCCC2CCN(C(=O)OCc3ccccc3)CC2)CCN(C(=O)OC(C)(C)C)CC1. The maximum atomic E-state index is 12.3. The van der Waals surface area contributed by atoms with Gasteiger partial charge >= 0.3 is 12.2 Å². The molecule has 1 aromatic rings. The highest BCUT2D eigenvalue weighted by Crippen LogP contribution is 2.28. The van der Waals surface area contributed by atoms with E-state index in [1.807, 2.05) is 51.1 Å². The minimum atomic E-state index is -0.491. The first kappa shape index (κ1) is 27.3. The topological polar surface area (TPSA) is 77.5 Å². The van der Waals surface area contributed by atoms with Crippen LogP contribution in [0.25, 0.3) is 0 Å². The zero-order valence-electron chi connectivity index (χ0n) is 21.8. The van der Waals surface area contributed by atoms with Crippen LogP contribution in [0.15, 0.2) is 30.3 Å². The molecule has 0 saturated carbocycles. The Hall–Kier alpha value is -2.32. The number of methoxy groups -OCH3 is 1. The number of carbonyl (C=O) groups excluding carboxylic acids is 2. The number of ether oxygens (including phenoxy) is 4. The Kier molecular flexibility index (Phi) is 9.80. The molecule has 8 nitrogen and oxygen atoms in total. The highest BCUT2D eigenvalue weighted by atomic mass is 16.6. The van der Waals surface area contributed by atoms with Gasteiger partial charge in [0, 0.05) is 39.9 Å². The molecule has 0 aliphatic carbocycles. The maximum absolute atomic E-state index is 12.3. The zero-order chi connectivity index (χ0) is 25.3. The summed E-state index contributed by atoms with van der Waals surface area (Å²) in [6, 6.07) is 9.75. The molecule has 0 unspecified atom stereocenters. The molecule has 8 heteroatoms. The van der Waals surface area contributed by atoms with Crippen LogP contribution >= 0.6 is 0 Å². The molecule has 2 amide bonds. The lowest BCUT2D eigenvalue weighted by atomic mass is 9.92. The Morgan fingerprint density at radius 2 is 1.60 bits per heavy atom. The van der Waals surface area contributed by atoms with Gasteiger partial charge in [-0.2, -0.15) is 0 Å². The monoisotopic (exact) mass is 490 g/mol. The summed E-state index contributed by atoms with van der Waals surface area (Å²) in [6.07, 6.45) is 3.85. The molecule has 0 radical (unpaired) electrons. The molecule has 3 rings (SSSR count). The van der Waals surface area contributed by atoms with Gasteiger partial charge in [-0.25, -0.2) is 9.59 Å². The van der Waals surface area contributed by atoms with Crippen molar-refractivity contribution in [3.05, 3.63) is 35.9 Å². The van der Waals surface area contributed by atoms with Crippen LogP contribution in [-0.4, -0.2) is 79.7 Å². The first-order chi connectivity index (χ1) is 16.7. The molecule has 0 atom stereocenters. The van der Waals surface area contributed by atoms with Gasteiger partial charge in [-0.1, -0.05) is 30.3 Å². The van der Waals surface area contributed by atoms with Crippen molar-refractivity contribution in [1.82, 2.24) is 9.80 Å². The molecule has 0 aromatic heterocycles. The lowest BCUT2D eigenvalue weighted by Gasteiger charge is -2.40. The molecule has 35 heavy (non-hydrogen) atoms. The van der Waals surface area contributed by atoms with E-state index in [1.165, 1.54) is 0 Å². The molecule has 196 valence electrons. The number of rotatable bonds is 8. The van der Waals surface area contributed by atoms with Gasteiger partial charge in [-0.05, 0) is 64.4 Å². The quantitative estimate of drug-likeness (QED) is 0.485. The predicted octanol–water partition coefficient (Wildman–Crippen LogP) is 4.86. The second kappa shape index (κ2) is 12.6. The normalized spacial score (nSPS) is 18.9. The van der Waals surface area contributed by atoms with E-state index in [0.717, 1.165) is 50.8 Å². The van der Waals surface area contributed by atoms with Crippen LogP contribution in [0.2, 0.25) is 0 Å². The van der Waals surface area contributed by atoms with Gasteiger partial charge < -0.3 is 28.7 Å². The zero-order valence-corrected chi connectivity index (χ0v) is 21.8. The number of hydrogen-bond acceptors (Lipinski definition) is 6. The molecule has 0 bridgehead atoms. The summed E-state index contributed by atoms with van der Waals surface area (Å²) in [6.45, 7) is 9.79. The number of carbonyl (C=O) groups is 2. The van der Waals surface area contributed by atoms with Crippen molar-refractivity contribution in [3.63, 3.8) is 0 Å². The number of hydrogen-bond donors (Lipinski definition) is 0. The Bertz CT molecular complexity index is 794. The molecule has 2 heterocycles. The van der Waals surface area contributed by atoms with Crippen molar-refractivity contribution in [2.75, 3.05) is 46.5 Å². The second-order valence-corrected chi connectivity index (χ2v) is 10.7. The van der Waals surface area contributed by atoms with Gasteiger partial charge in [-0.15, -0.1) is 0 Å². The Labute approximate surface area is 209 Å². The van der Waals surface area contributed by atoms with Crippen LogP contribution in [0.5, 0.6) is 0 Å². The summed E-state index contributed by atoms with van der Waals surface area (Å²) in [4.78, 5) is 28.2. The van der Waals surface area contributed by atoms with Crippen LogP contribution in [0.4, 0.5) is 9.59 Å². The summed E-state index contributed by atoms with van der Waals surface area (Å²) in [7, 11) is 1.72. The number of amides is 2. The number of nitrogens with zero attached hydrogens (tertiary/aromatic N) is 2. The van der Waals surface area contributed by atoms with Crippen molar-refractivity contribution >= 4 is 12.2 Å². The van der Waals surface area contributed by atoms with Crippen molar-refractivity contribution in [1.29, 1.82) is 0 Å². The standard InChI is InChI=1S/C27H42N2O6/c1-26(2,3)35-25(31)29-17-13-27(32-4,14-18-29)21-33-19-12-22-10-15-28(16-11-22)24(30)34-20-23-8-6-5-7-9-23/h5-9,22H,10-21H2,1-4H3. The average molecular weight is 491 g/mol. The fourth-order valence-electron chi connectivity index (χ4n) is 4.55. The number of piperidine rings is 2. The van der Waals surface area contributed by atoms with Gasteiger partial charge in [0.05, 0.1) is 12.2 Å². The minimum Gasteiger partial charge on any atom is -0.445 e. The first-order valence-electron chi connectivity index (χ1n) is 12.8. The first-order valence-corrected chi connectivity index (χ1v) is 12.8. The van der Waals surface area contributed by atoms with Crippen molar-refractivity contribution in [2.45, 2.75) is 70.7 Å². The van der Waals surface area contributed by atoms with Gasteiger partial charge in [0.15, 0.2) is 0 Å². The van der Waals surface area contributed by atoms with E-state index >= 15 is 0 Å². The number of likely N-dealkylation sites (tertiary alicyclic amines) is 2. The fraction of sp³-hybridized carbons (Fsp3) is 0.704. The van der Waals surface area contributed by atoms with Crippen LogP contribution < -0.4 is 0 Å². The maximum Gasteiger partial charge on any atom is 0.410 e. The third-order valence-corrected chi connectivity index (χ3v) is 6.87. The van der Waals surface area contributed by atoms with E-state index < -0.39 is 5.60 Å². The molecular formula is C27H42N2O6. The Morgan fingerprint density at radius 3 is 2.20 bits per heavy atom. The van der Waals surface area contributed by atoms with Crippen molar-refractivity contribution in [3.8, 4) is 0 Å². The fourth-order valence-corrected chi connectivity index (χ4v) is 4.55. The lowest BCUT2D eigenvalue weighted by Crippen LogP contribution is -2.51. The predicted molar refractivity (Wildman–Crippen MR) is 133 cm³/mol. The van der Waals surface area contributed by atoms with E-state index in [-0.39, 0.29) is 17.8 Å². The van der Waals surface area contributed by atoms with E-state index in [9.17, 15) is 9.59 Å². The molecule has 2 aliphatic heterocycles. The number of benzene rings is 1. The molecule has 2 aliphatic rings. The van der Waals surface area contributed by atoms with Crippen molar-refractivity contribution < 1.29 is 28.5 Å². The van der Waals surface area contributed by atoms with Crippen LogP contribution in [0.1, 0.15) is 58.4 Å². The summed E-state index contributed by atoms with van der Waals surface area (Å²) in [5, 5.41) is 0. The van der Waals surface area contributed by atoms with Gasteiger partial charge in [0.1, 0.15) is 12.2 Å². The largest absolute Gasteiger partial charge is 0.445 e. The lowest BCUT2D eigenvalue weighted by molar-refractivity contribution is -0.107. The Morgan fingerprint density at radius 1 is 0.971 bits per heavy atom. The van der Waals surface area contributed by atoms with Crippen molar-refractivity contribution in [2.24, 2.45) is 5.92 Å². The molecule has 0 N–H and O–H groups in total. The summed E-state index contributed by atoms with van der Waals surface area (Å²) < 4.78 is 22.8. The third kappa shape index (κ3) is 8.69. The van der Waals surface area contributed by atoms with E-state index in [2.05, 4.69) is 0 Å². The molecular weight excluding hydrogens is 448 g/mol. The van der Waals surface area contributed by atoms with E-state index in [1.54, 1.807) is 16.9 Å². The van der Waals surface area contributed by atoms with Crippen LogP contribution in [-0.2, 0) is 25.6 Å². The second-order valence-electron chi connectivity index (χ2n) is 10.7. The highest BCUT2D eigenvalue weighted by molar-refractivity contribution is 5.68. The smallest absolute Gasteiger partial charge is 0.410 e. The molecule has 0 spiro atoms. The van der Waals surface area contributed by atoms with Gasteiger partial charge in [-0.3, -0.25) is 0 Å². The molecule has 2 fully saturated rings.